The highest BCUT2D eigenvalue weighted by Gasteiger charge is 2.26. The lowest BCUT2D eigenvalue weighted by molar-refractivity contribution is 0.151. The van der Waals surface area contributed by atoms with Crippen molar-refractivity contribution in [3.63, 3.8) is 0 Å². The quantitative estimate of drug-likeness (QED) is 0.664. The van der Waals surface area contributed by atoms with E-state index in [1.54, 1.807) is 0 Å². The van der Waals surface area contributed by atoms with Gasteiger partial charge in [0, 0.05) is 51.1 Å². The van der Waals surface area contributed by atoms with E-state index in [2.05, 4.69) is 16.0 Å². The topological polar surface area (TPSA) is 76.7 Å². The fraction of sp³-hybridized carbons (Fsp3) is 0.619. The highest BCUT2D eigenvalue weighted by Crippen LogP contribution is 2.29. The fourth-order valence-electron chi connectivity index (χ4n) is 3.76. The van der Waals surface area contributed by atoms with Crippen molar-refractivity contribution in [1.82, 2.24) is 15.5 Å². The highest BCUT2D eigenvalue weighted by molar-refractivity contribution is 5.89. The van der Waals surface area contributed by atoms with Gasteiger partial charge in [-0.2, -0.15) is 0 Å². The molecule has 7 heteroatoms. The van der Waals surface area contributed by atoms with Crippen LogP contribution in [0, 0.1) is 0 Å². The van der Waals surface area contributed by atoms with Gasteiger partial charge in [0.15, 0.2) is 0 Å². The van der Waals surface area contributed by atoms with Crippen LogP contribution in [0.4, 0.5) is 21.0 Å². The summed E-state index contributed by atoms with van der Waals surface area (Å²) < 4.78 is 0. The third-order valence-electron chi connectivity index (χ3n) is 5.10. The molecule has 3 N–H and O–H groups in total. The highest BCUT2D eigenvalue weighted by atomic mass is 16.2. The zero-order valence-electron chi connectivity index (χ0n) is 17.7. The Morgan fingerprint density at radius 3 is 2.32 bits per heavy atom. The van der Waals surface area contributed by atoms with Gasteiger partial charge in [-0.25, -0.2) is 9.59 Å². The summed E-state index contributed by atoms with van der Waals surface area (Å²) >= 11 is 0. The van der Waals surface area contributed by atoms with E-state index < -0.39 is 0 Å². The Hall–Kier alpha value is -2.44. The summed E-state index contributed by atoms with van der Waals surface area (Å²) in [4.78, 5) is 28.7. The first-order chi connectivity index (χ1) is 13.5. The molecule has 0 unspecified atom stereocenters. The van der Waals surface area contributed by atoms with Crippen molar-refractivity contribution in [2.24, 2.45) is 0 Å². The van der Waals surface area contributed by atoms with Crippen LogP contribution < -0.4 is 20.9 Å². The molecule has 0 heterocycles. The molecule has 156 valence electrons. The molecule has 7 nitrogen and oxygen atoms in total. The van der Waals surface area contributed by atoms with Crippen LogP contribution in [0.1, 0.15) is 51.5 Å². The third-order valence-corrected chi connectivity index (χ3v) is 5.10. The molecule has 0 aromatic heterocycles. The predicted molar refractivity (Wildman–Crippen MR) is 115 cm³/mol. The first-order valence-corrected chi connectivity index (χ1v) is 10.4. The van der Waals surface area contributed by atoms with Crippen LogP contribution in [-0.4, -0.2) is 50.2 Å². The molecule has 0 saturated heterocycles. The van der Waals surface area contributed by atoms with Crippen molar-refractivity contribution in [3.8, 4) is 0 Å². The summed E-state index contributed by atoms with van der Waals surface area (Å²) in [7, 11) is 3.99. The van der Waals surface area contributed by atoms with E-state index in [9.17, 15) is 9.59 Å². The second-order valence-electron chi connectivity index (χ2n) is 7.48. The Labute approximate surface area is 168 Å². The van der Waals surface area contributed by atoms with E-state index in [-0.39, 0.29) is 18.1 Å². The summed E-state index contributed by atoms with van der Waals surface area (Å²) in [6.45, 7) is 5.53. The van der Waals surface area contributed by atoms with Gasteiger partial charge >= 0.3 is 12.1 Å². The normalized spacial score (nSPS) is 14.3. The number of nitrogens with one attached hydrogen (secondary N) is 3. The van der Waals surface area contributed by atoms with Crippen LogP contribution in [0.3, 0.4) is 0 Å². The minimum atomic E-state index is -0.223. The number of hydrogen-bond donors (Lipinski definition) is 3. The van der Waals surface area contributed by atoms with Gasteiger partial charge in [0.1, 0.15) is 0 Å². The Kier molecular flexibility index (Phi) is 8.42. The van der Waals surface area contributed by atoms with Gasteiger partial charge in [-0.05, 0) is 50.5 Å². The number of carbonyl (C=O) groups excluding carboxylic acids is 2. The number of nitrogens with zero attached hydrogens (tertiary/aromatic N) is 2. The van der Waals surface area contributed by atoms with Crippen LogP contribution >= 0.6 is 0 Å². The van der Waals surface area contributed by atoms with Crippen LogP contribution in [0.25, 0.3) is 0 Å². The lowest BCUT2D eigenvalue weighted by Crippen LogP contribution is -2.46. The van der Waals surface area contributed by atoms with Gasteiger partial charge in [0.2, 0.25) is 0 Å². The van der Waals surface area contributed by atoms with Gasteiger partial charge in [-0.15, -0.1) is 0 Å². The minimum Gasteiger partial charge on any atom is -0.377 e. The van der Waals surface area contributed by atoms with E-state index in [4.69, 9.17) is 0 Å². The molecular formula is C21H35N5O2. The number of hydrogen-bond acceptors (Lipinski definition) is 3. The van der Waals surface area contributed by atoms with Crippen molar-refractivity contribution in [3.05, 3.63) is 23.8 Å². The molecule has 28 heavy (non-hydrogen) atoms. The zero-order valence-corrected chi connectivity index (χ0v) is 17.7. The van der Waals surface area contributed by atoms with E-state index in [0.717, 1.165) is 29.8 Å². The lowest BCUT2D eigenvalue weighted by atomic mass is 9.94. The fourth-order valence-corrected chi connectivity index (χ4v) is 3.76. The van der Waals surface area contributed by atoms with Crippen molar-refractivity contribution >= 4 is 23.4 Å². The van der Waals surface area contributed by atoms with E-state index >= 15 is 0 Å². The number of amides is 4. The van der Waals surface area contributed by atoms with Crippen molar-refractivity contribution in [2.75, 3.05) is 37.4 Å². The van der Waals surface area contributed by atoms with Crippen molar-refractivity contribution in [2.45, 2.75) is 58.5 Å². The number of carbonyl (C=O) groups is 2. The van der Waals surface area contributed by atoms with Crippen LogP contribution in [0.5, 0.6) is 0 Å². The molecule has 1 aromatic carbocycles. The second-order valence-corrected chi connectivity index (χ2v) is 7.48. The molecule has 1 fully saturated rings. The molecule has 1 aliphatic carbocycles. The second kappa shape index (κ2) is 10.8. The first kappa shape index (κ1) is 21.9. The summed E-state index contributed by atoms with van der Waals surface area (Å²) in [6, 6.07) is 5.88. The predicted octanol–water partition coefficient (Wildman–Crippen LogP) is 3.76. The number of rotatable bonds is 7. The average molecular weight is 390 g/mol. The maximum Gasteiger partial charge on any atom is 0.319 e. The Balaban J connectivity index is 2.28. The van der Waals surface area contributed by atoms with Crippen LogP contribution in [0.15, 0.2) is 18.2 Å². The van der Waals surface area contributed by atoms with Gasteiger partial charge in [-0.3, -0.25) is 0 Å². The average Bonchev–Trinajstić information content (AvgIpc) is 2.67. The molecule has 0 bridgehead atoms. The Bertz CT molecular complexity index is 656. The zero-order chi connectivity index (χ0) is 20.5. The van der Waals surface area contributed by atoms with Crippen molar-refractivity contribution < 1.29 is 9.59 Å². The Morgan fingerprint density at radius 1 is 1.04 bits per heavy atom. The number of benzene rings is 1. The van der Waals surface area contributed by atoms with E-state index in [0.29, 0.717) is 19.6 Å². The van der Waals surface area contributed by atoms with Crippen LogP contribution in [-0.2, 0) is 6.54 Å². The molecule has 1 saturated carbocycles. The summed E-state index contributed by atoms with van der Waals surface area (Å²) in [6.07, 6.45) is 5.67. The van der Waals surface area contributed by atoms with E-state index in [1.165, 1.54) is 19.3 Å². The molecule has 2 rings (SSSR count). The molecule has 0 radical (unpaired) electrons. The SMILES string of the molecule is CCNC(=O)Nc1ccc(N(C)C)c(CN(C(=O)NCC)C2CCCCC2)c1. The van der Waals surface area contributed by atoms with Gasteiger partial charge < -0.3 is 25.8 Å². The molecule has 0 spiro atoms. The molecular weight excluding hydrogens is 354 g/mol. The summed E-state index contributed by atoms with van der Waals surface area (Å²) in [5.74, 6) is 0. The molecule has 0 aliphatic heterocycles. The third kappa shape index (κ3) is 6.04. The molecule has 0 atom stereocenters. The summed E-state index contributed by atoms with van der Waals surface area (Å²) in [5.41, 5.74) is 2.80. The largest absolute Gasteiger partial charge is 0.377 e. The molecule has 1 aliphatic rings. The van der Waals surface area contributed by atoms with E-state index in [1.807, 2.05) is 55.9 Å². The van der Waals surface area contributed by atoms with Gasteiger partial charge in [-0.1, -0.05) is 19.3 Å². The Morgan fingerprint density at radius 2 is 1.71 bits per heavy atom. The molecule has 4 amide bonds. The standard InChI is InChI=1S/C21H35N5O2/c1-5-22-20(27)24-17-12-13-19(25(3)4)16(14-17)15-26(21(28)23-6-2)18-10-8-7-9-11-18/h12-14,18H,5-11,15H2,1-4H3,(H,23,28)(H2,22,24,27). The minimum absolute atomic E-state index is 0.0128. The van der Waals surface area contributed by atoms with Crippen LogP contribution in [0.2, 0.25) is 0 Å². The number of urea groups is 2. The number of anilines is 2. The first-order valence-electron chi connectivity index (χ1n) is 10.4. The molecule has 1 aromatic rings. The summed E-state index contributed by atoms with van der Waals surface area (Å²) in [5, 5.41) is 8.58. The lowest BCUT2D eigenvalue weighted by Gasteiger charge is -2.35. The van der Waals surface area contributed by atoms with Crippen molar-refractivity contribution in [1.29, 1.82) is 0 Å². The smallest absolute Gasteiger partial charge is 0.319 e. The maximum absolute atomic E-state index is 12.8. The van der Waals surface area contributed by atoms with Gasteiger partial charge in [0.25, 0.3) is 0 Å². The van der Waals surface area contributed by atoms with Gasteiger partial charge in [0.05, 0.1) is 0 Å². The maximum atomic E-state index is 12.8. The monoisotopic (exact) mass is 389 g/mol.